The number of morpholine rings is 1. The number of hydrogen-bond acceptors (Lipinski definition) is 8. The second-order valence-corrected chi connectivity index (χ2v) is 9.33. The molecule has 1 saturated heterocycles. The topological polar surface area (TPSA) is 104 Å². The summed E-state index contributed by atoms with van der Waals surface area (Å²) in [7, 11) is -2.37. The minimum Gasteiger partial charge on any atom is -0.495 e. The molecule has 1 aromatic heterocycles. The van der Waals surface area contributed by atoms with Gasteiger partial charge in [0.2, 0.25) is 15.9 Å². The van der Waals surface area contributed by atoms with Gasteiger partial charge in [0.25, 0.3) is 0 Å². The molecule has 0 saturated carbocycles. The van der Waals surface area contributed by atoms with Crippen LogP contribution in [0.2, 0.25) is 0 Å². The SMILES string of the molecule is COc1ccc(/C=C/C(=O)Oc2ccc(Oc3ccccn3)cc2)cc1S(=O)(=O)N1CCOCC1. The molecule has 2 heterocycles. The van der Waals surface area contributed by atoms with E-state index in [1.54, 1.807) is 54.7 Å². The maximum Gasteiger partial charge on any atom is 0.336 e. The highest BCUT2D eigenvalue weighted by Gasteiger charge is 2.29. The molecule has 3 aromatic rings. The van der Waals surface area contributed by atoms with Crippen molar-refractivity contribution >= 4 is 22.1 Å². The number of methoxy groups -OCH3 is 1. The van der Waals surface area contributed by atoms with E-state index in [-0.39, 0.29) is 23.7 Å². The number of pyridine rings is 1. The molecule has 182 valence electrons. The summed E-state index contributed by atoms with van der Waals surface area (Å²) in [6, 6.07) is 16.5. The Morgan fingerprint density at radius 3 is 2.46 bits per heavy atom. The van der Waals surface area contributed by atoms with Crippen LogP contribution >= 0.6 is 0 Å². The van der Waals surface area contributed by atoms with Gasteiger partial charge in [-0.2, -0.15) is 4.31 Å². The van der Waals surface area contributed by atoms with Crippen LogP contribution in [0.3, 0.4) is 0 Å². The molecule has 0 N–H and O–H groups in total. The summed E-state index contributed by atoms with van der Waals surface area (Å²) >= 11 is 0. The molecule has 10 heteroatoms. The second-order valence-electron chi connectivity index (χ2n) is 7.42. The van der Waals surface area contributed by atoms with Crippen molar-refractivity contribution in [1.29, 1.82) is 0 Å². The van der Waals surface area contributed by atoms with E-state index in [1.165, 1.54) is 29.6 Å². The summed E-state index contributed by atoms with van der Waals surface area (Å²) in [5, 5.41) is 0. The Morgan fingerprint density at radius 2 is 1.77 bits per heavy atom. The summed E-state index contributed by atoms with van der Waals surface area (Å²) in [6.45, 7) is 1.21. The standard InChI is InChI=1S/C25H24N2O7S/c1-31-22-11-5-19(18-23(22)35(29,30)27-14-16-32-17-15-27)6-12-25(28)34-21-9-7-20(8-10-21)33-24-4-2-3-13-26-24/h2-13,18H,14-17H2,1H3/b12-6+. The predicted octanol–water partition coefficient (Wildman–Crippen LogP) is 3.52. The fraction of sp³-hybridized carbons (Fsp3) is 0.200. The lowest BCUT2D eigenvalue weighted by atomic mass is 10.2. The molecule has 35 heavy (non-hydrogen) atoms. The maximum atomic E-state index is 13.1. The van der Waals surface area contributed by atoms with Gasteiger partial charge in [-0.15, -0.1) is 0 Å². The number of benzene rings is 2. The molecule has 0 spiro atoms. The van der Waals surface area contributed by atoms with Gasteiger partial charge in [0.15, 0.2) is 0 Å². The summed E-state index contributed by atoms with van der Waals surface area (Å²) in [4.78, 5) is 16.4. The van der Waals surface area contributed by atoms with Crippen molar-refractivity contribution in [2.45, 2.75) is 4.90 Å². The molecule has 0 unspecified atom stereocenters. The number of aromatic nitrogens is 1. The smallest absolute Gasteiger partial charge is 0.336 e. The van der Waals surface area contributed by atoms with E-state index >= 15 is 0 Å². The van der Waals surface area contributed by atoms with E-state index in [1.807, 2.05) is 6.07 Å². The molecule has 4 rings (SSSR count). The monoisotopic (exact) mass is 496 g/mol. The van der Waals surface area contributed by atoms with Crippen LogP contribution in [0.1, 0.15) is 5.56 Å². The third-order valence-electron chi connectivity index (χ3n) is 5.09. The van der Waals surface area contributed by atoms with Crippen molar-refractivity contribution in [1.82, 2.24) is 9.29 Å². The lowest BCUT2D eigenvalue weighted by Crippen LogP contribution is -2.40. The highest BCUT2D eigenvalue weighted by atomic mass is 32.2. The van der Waals surface area contributed by atoms with Crippen molar-refractivity contribution in [2.75, 3.05) is 33.4 Å². The largest absolute Gasteiger partial charge is 0.495 e. The van der Waals surface area contributed by atoms with Gasteiger partial charge in [-0.1, -0.05) is 12.1 Å². The highest BCUT2D eigenvalue weighted by molar-refractivity contribution is 7.89. The maximum absolute atomic E-state index is 13.1. The van der Waals surface area contributed by atoms with Gasteiger partial charge in [0.05, 0.1) is 20.3 Å². The van der Waals surface area contributed by atoms with Gasteiger partial charge in [-0.05, 0) is 54.1 Å². The number of carbonyl (C=O) groups is 1. The van der Waals surface area contributed by atoms with Crippen LogP contribution in [0.25, 0.3) is 6.08 Å². The Kier molecular flexibility index (Phi) is 7.76. The zero-order valence-corrected chi connectivity index (χ0v) is 19.8. The van der Waals surface area contributed by atoms with Crippen molar-refractivity contribution in [2.24, 2.45) is 0 Å². The van der Waals surface area contributed by atoms with Crippen molar-refractivity contribution in [3.63, 3.8) is 0 Å². The Labute approximate surface area is 203 Å². The highest BCUT2D eigenvalue weighted by Crippen LogP contribution is 2.29. The molecule has 0 bridgehead atoms. The molecule has 2 aromatic carbocycles. The van der Waals surface area contributed by atoms with E-state index < -0.39 is 16.0 Å². The van der Waals surface area contributed by atoms with Crippen molar-refractivity contribution in [3.8, 4) is 23.1 Å². The van der Waals surface area contributed by atoms with E-state index in [2.05, 4.69) is 4.98 Å². The summed E-state index contributed by atoms with van der Waals surface area (Å²) < 4.78 is 49.0. The quantitative estimate of drug-likeness (QED) is 0.265. The zero-order valence-electron chi connectivity index (χ0n) is 19.0. The Hall–Kier alpha value is -3.73. The van der Waals surface area contributed by atoms with Gasteiger partial charge in [-0.3, -0.25) is 0 Å². The molecular weight excluding hydrogens is 472 g/mol. The minimum absolute atomic E-state index is 0.0286. The number of sulfonamides is 1. The summed E-state index contributed by atoms with van der Waals surface area (Å²) in [6.07, 6.45) is 4.34. The number of carbonyl (C=O) groups excluding carboxylic acids is 1. The molecule has 1 fully saturated rings. The molecule has 0 amide bonds. The number of esters is 1. The van der Waals surface area contributed by atoms with E-state index in [4.69, 9.17) is 18.9 Å². The Morgan fingerprint density at radius 1 is 1.03 bits per heavy atom. The van der Waals surface area contributed by atoms with Gasteiger partial charge in [-0.25, -0.2) is 18.2 Å². The lowest BCUT2D eigenvalue weighted by molar-refractivity contribution is -0.128. The van der Waals surface area contributed by atoms with Gasteiger partial charge >= 0.3 is 5.97 Å². The summed E-state index contributed by atoms with van der Waals surface area (Å²) in [5.74, 6) is 0.945. The zero-order chi connectivity index (χ0) is 24.7. The molecule has 1 aliphatic rings. The Bertz CT molecular complexity index is 1290. The van der Waals surface area contributed by atoms with Crippen molar-refractivity contribution < 1.29 is 32.2 Å². The van der Waals surface area contributed by atoms with Crippen LogP contribution in [0, 0.1) is 0 Å². The molecule has 0 radical (unpaired) electrons. The summed E-state index contributed by atoms with van der Waals surface area (Å²) in [5.41, 5.74) is 0.508. The average molecular weight is 497 g/mol. The van der Waals surface area contributed by atoms with Crippen LogP contribution in [0.4, 0.5) is 0 Å². The lowest BCUT2D eigenvalue weighted by Gasteiger charge is -2.26. The number of hydrogen-bond donors (Lipinski definition) is 0. The second kappa shape index (κ2) is 11.1. The number of ether oxygens (including phenoxy) is 4. The van der Waals surface area contributed by atoms with Crippen LogP contribution in [-0.4, -0.2) is 57.1 Å². The first-order valence-corrected chi connectivity index (χ1v) is 12.2. The molecule has 1 aliphatic heterocycles. The van der Waals surface area contributed by atoms with E-state index in [0.29, 0.717) is 36.2 Å². The molecular formula is C25H24N2O7S. The molecule has 0 atom stereocenters. The van der Waals surface area contributed by atoms with Gasteiger partial charge in [0.1, 0.15) is 22.1 Å². The normalized spacial score (nSPS) is 14.5. The van der Waals surface area contributed by atoms with E-state index in [0.717, 1.165) is 0 Å². The number of rotatable bonds is 8. The van der Waals surface area contributed by atoms with Gasteiger partial charge in [0, 0.05) is 31.4 Å². The third kappa shape index (κ3) is 6.24. The van der Waals surface area contributed by atoms with Crippen LogP contribution in [0.5, 0.6) is 23.1 Å². The predicted molar refractivity (Wildman–Crippen MR) is 128 cm³/mol. The van der Waals surface area contributed by atoms with Crippen molar-refractivity contribution in [3.05, 3.63) is 78.5 Å². The molecule has 0 aliphatic carbocycles. The van der Waals surface area contributed by atoms with E-state index in [9.17, 15) is 13.2 Å². The Balaban J connectivity index is 1.43. The fourth-order valence-electron chi connectivity index (χ4n) is 3.34. The first-order chi connectivity index (χ1) is 17.0. The average Bonchev–Trinajstić information content (AvgIpc) is 2.89. The number of nitrogens with zero attached hydrogens (tertiary/aromatic N) is 2. The van der Waals surface area contributed by atoms with Crippen LogP contribution in [0.15, 0.2) is 77.8 Å². The van der Waals surface area contributed by atoms with Crippen LogP contribution < -0.4 is 14.2 Å². The molecule has 9 nitrogen and oxygen atoms in total. The van der Waals surface area contributed by atoms with Crippen LogP contribution in [-0.2, 0) is 19.6 Å². The fourth-order valence-corrected chi connectivity index (χ4v) is 4.94. The minimum atomic E-state index is -3.78. The first-order valence-electron chi connectivity index (χ1n) is 10.8. The third-order valence-corrected chi connectivity index (χ3v) is 7.01. The first kappa shape index (κ1) is 24.4. The van der Waals surface area contributed by atoms with Gasteiger partial charge < -0.3 is 18.9 Å².